The van der Waals surface area contributed by atoms with Gasteiger partial charge in [-0.1, -0.05) is 18.1 Å². The molecular formula is C14H18N2O2. The van der Waals surface area contributed by atoms with Crippen molar-refractivity contribution in [1.82, 2.24) is 10.6 Å². The van der Waals surface area contributed by atoms with Crippen molar-refractivity contribution in [3.8, 4) is 18.1 Å². The van der Waals surface area contributed by atoms with Gasteiger partial charge in [0.1, 0.15) is 5.75 Å². The van der Waals surface area contributed by atoms with Gasteiger partial charge in [0.05, 0.1) is 26.2 Å². The van der Waals surface area contributed by atoms with E-state index in [2.05, 4.69) is 16.6 Å². The van der Waals surface area contributed by atoms with Gasteiger partial charge in [-0.3, -0.25) is 10.1 Å². The van der Waals surface area contributed by atoms with Crippen LogP contribution in [0.15, 0.2) is 24.3 Å². The molecule has 0 saturated carbocycles. The van der Waals surface area contributed by atoms with E-state index in [0.29, 0.717) is 6.54 Å². The van der Waals surface area contributed by atoms with Gasteiger partial charge in [-0.05, 0) is 24.6 Å². The molecule has 0 aliphatic heterocycles. The summed E-state index contributed by atoms with van der Waals surface area (Å²) in [5, 5.41) is 5.72. The molecule has 0 radical (unpaired) electrons. The molecule has 0 aliphatic carbocycles. The minimum Gasteiger partial charge on any atom is -0.497 e. The Morgan fingerprint density at radius 2 is 2.33 bits per heavy atom. The van der Waals surface area contributed by atoms with E-state index in [4.69, 9.17) is 11.2 Å². The van der Waals surface area contributed by atoms with Crippen LogP contribution in [0.2, 0.25) is 0 Å². The van der Waals surface area contributed by atoms with Crippen LogP contribution in [0.25, 0.3) is 0 Å². The number of methoxy groups -OCH3 is 1. The van der Waals surface area contributed by atoms with E-state index in [1.165, 1.54) is 0 Å². The molecule has 0 spiro atoms. The molecule has 0 bridgehead atoms. The van der Waals surface area contributed by atoms with Crippen LogP contribution in [0.1, 0.15) is 18.5 Å². The molecule has 18 heavy (non-hydrogen) atoms. The Labute approximate surface area is 108 Å². The summed E-state index contributed by atoms with van der Waals surface area (Å²) < 4.78 is 5.14. The van der Waals surface area contributed by atoms with Gasteiger partial charge >= 0.3 is 0 Å². The Balaban J connectivity index is 2.51. The van der Waals surface area contributed by atoms with Crippen molar-refractivity contribution in [2.75, 3.05) is 20.2 Å². The fourth-order valence-corrected chi connectivity index (χ4v) is 1.53. The summed E-state index contributed by atoms with van der Waals surface area (Å²) in [6.45, 7) is 2.54. The first-order chi connectivity index (χ1) is 8.67. The van der Waals surface area contributed by atoms with Gasteiger partial charge < -0.3 is 10.1 Å². The second-order valence-electron chi connectivity index (χ2n) is 3.87. The van der Waals surface area contributed by atoms with Crippen LogP contribution in [0.3, 0.4) is 0 Å². The third-order valence-corrected chi connectivity index (χ3v) is 2.48. The summed E-state index contributed by atoms with van der Waals surface area (Å²) >= 11 is 0. The molecule has 0 unspecified atom stereocenters. The number of nitrogens with one attached hydrogen (secondary N) is 2. The Kier molecular flexibility index (Phi) is 5.75. The zero-order valence-electron chi connectivity index (χ0n) is 10.7. The standard InChI is InChI=1S/C14H18N2O2/c1-4-8-15-10-14(17)16-11(2)12-6-5-7-13(9-12)18-3/h1,5-7,9,11,15H,8,10H2,2-3H3,(H,16,17)/t11-/m1/s1. The van der Waals surface area contributed by atoms with Crippen molar-refractivity contribution >= 4 is 5.91 Å². The van der Waals surface area contributed by atoms with Crippen LogP contribution >= 0.6 is 0 Å². The number of rotatable bonds is 6. The van der Waals surface area contributed by atoms with E-state index in [1.54, 1.807) is 7.11 Å². The molecule has 1 aromatic carbocycles. The fourth-order valence-electron chi connectivity index (χ4n) is 1.53. The molecule has 2 N–H and O–H groups in total. The minimum absolute atomic E-state index is 0.0692. The van der Waals surface area contributed by atoms with Crippen molar-refractivity contribution in [2.24, 2.45) is 0 Å². The largest absolute Gasteiger partial charge is 0.497 e. The van der Waals surface area contributed by atoms with Crippen LogP contribution in [-0.4, -0.2) is 26.1 Å². The predicted molar refractivity (Wildman–Crippen MR) is 71.3 cm³/mol. The first kappa shape index (κ1) is 14.1. The van der Waals surface area contributed by atoms with Gasteiger partial charge in [-0.15, -0.1) is 6.42 Å². The van der Waals surface area contributed by atoms with Gasteiger partial charge in [0.25, 0.3) is 0 Å². The third-order valence-electron chi connectivity index (χ3n) is 2.48. The van der Waals surface area contributed by atoms with Gasteiger partial charge in [0, 0.05) is 0 Å². The predicted octanol–water partition coefficient (Wildman–Crippen LogP) is 1.10. The number of amides is 1. The number of carbonyl (C=O) groups excluding carboxylic acids is 1. The summed E-state index contributed by atoms with van der Waals surface area (Å²) in [4.78, 5) is 11.6. The lowest BCUT2D eigenvalue weighted by atomic mass is 10.1. The Morgan fingerprint density at radius 1 is 1.56 bits per heavy atom. The maximum Gasteiger partial charge on any atom is 0.234 e. The lowest BCUT2D eigenvalue weighted by Gasteiger charge is -2.15. The quantitative estimate of drug-likeness (QED) is 0.583. The lowest BCUT2D eigenvalue weighted by Crippen LogP contribution is -2.35. The molecule has 1 aromatic rings. The number of terminal acetylenes is 1. The van der Waals surface area contributed by atoms with Crippen LogP contribution in [0.4, 0.5) is 0 Å². The van der Waals surface area contributed by atoms with Crippen LogP contribution in [0.5, 0.6) is 5.75 Å². The van der Waals surface area contributed by atoms with E-state index in [-0.39, 0.29) is 18.5 Å². The van der Waals surface area contributed by atoms with Crippen molar-refractivity contribution in [1.29, 1.82) is 0 Å². The molecule has 0 aromatic heterocycles. The molecule has 0 heterocycles. The number of hydrogen-bond acceptors (Lipinski definition) is 3. The van der Waals surface area contributed by atoms with E-state index < -0.39 is 0 Å². The Morgan fingerprint density at radius 3 is 3.00 bits per heavy atom. The van der Waals surface area contributed by atoms with Gasteiger partial charge in [-0.25, -0.2) is 0 Å². The smallest absolute Gasteiger partial charge is 0.234 e. The second kappa shape index (κ2) is 7.36. The highest BCUT2D eigenvalue weighted by Gasteiger charge is 2.09. The first-order valence-corrected chi connectivity index (χ1v) is 5.75. The highest BCUT2D eigenvalue weighted by atomic mass is 16.5. The van der Waals surface area contributed by atoms with Gasteiger partial charge in [0.15, 0.2) is 0 Å². The molecule has 4 nitrogen and oxygen atoms in total. The summed E-state index contributed by atoms with van der Waals surface area (Å²) in [6.07, 6.45) is 5.08. The number of carbonyl (C=O) groups is 1. The molecule has 4 heteroatoms. The monoisotopic (exact) mass is 246 g/mol. The topological polar surface area (TPSA) is 50.4 Å². The van der Waals surface area contributed by atoms with Crippen molar-refractivity contribution in [2.45, 2.75) is 13.0 Å². The Bertz CT molecular complexity index is 438. The Hall–Kier alpha value is -1.99. The van der Waals surface area contributed by atoms with Crippen LogP contribution < -0.4 is 15.4 Å². The maximum atomic E-state index is 11.6. The van der Waals surface area contributed by atoms with Crippen LogP contribution in [0, 0.1) is 12.3 Å². The van der Waals surface area contributed by atoms with Crippen molar-refractivity contribution < 1.29 is 9.53 Å². The van der Waals surface area contributed by atoms with E-state index in [0.717, 1.165) is 11.3 Å². The molecule has 0 aliphatic rings. The zero-order chi connectivity index (χ0) is 13.4. The van der Waals surface area contributed by atoms with E-state index in [1.807, 2.05) is 31.2 Å². The van der Waals surface area contributed by atoms with Gasteiger partial charge in [-0.2, -0.15) is 0 Å². The van der Waals surface area contributed by atoms with Crippen LogP contribution in [-0.2, 0) is 4.79 Å². The summed E-state index contributed by atoms with van der Waals surface area (Å²) in [6, 6.07) is 7.54. The molecule has 1 atom stereocenters. The van der Waals surface area contributed by atoms with Gasteiger partial charge in [0.2, 0.25) is 5.91 Å². The van der Waals surface area contributed by atoms with E-state index >= 15 is 0 Å². The molecular weight excluding hydrogens is 228 g/mol. The maximum absolute atomic E-state index is 11.6. The molecule has 1 amide bonds. The number of ether oxygens (including phenoxy) is 1. The first-order valence-electron chi connectivity index (χ1n) is 5.75. The SMILES string of the molecule is C#CCNCC(=O)N[C@H](C)c1cccc(OC)c1. The van der Waals surface area contributed by atoms with Crippen molar-refractivity contribution in [3.63, 3.8) is 0 Å². The number of benzene rings is 1. The molecule has 1 rings (SSSR count). The number of hydrogen-bond donors (Lipinski definition) is 2. The molecule has 0 saturated heterocycles. The average Bonchev–Trinajstić information content (AvgIpc) is 2.39. The normalized spacial score (nSPS) is 11.4. The molecule has 0 fully saturated rings. The highest BCUT2D eigenvalue weighted by Crippen LogP contribution is 2.18. The fraction of sp³-hybridized carbons (Fsp3) is 0.357. The summed E-state index contributed by atoms with van der Waals surface area (Å²) in [5.74, 6) is 3.11. The van der Waals surface area contributed by atoms with Crippen molar-refractivity contribution in [3.05, 3.63) is 29.8 Å². The molecule has 96 valence electrons. The lowest BCUT2D eigenvalue weighted by molar-refractivity contribution is -0.120. The van der Waals surface area contributed by atoms with E-state index in [9.17, 15) is 4.79 Å². The highest BCUT2D eigenvalue weighted by molar-refractivity contribution is 5.78. The second-order valence-corrected chi connectivity index (χ2v) is 3.87. The average molecular weight is 246 g/mol. The summed E-state index contributed by atoms with van der Waals surface area (Å²) in [5.41, 5.74) is 1.000. The summed E-state index contributed by atoms with van der Waals surface area (Å²) in [7, 11) is 1.62. The zero-order valence-corrected chi connectivity index (χ0v) is 10.7. The minimum atomic E-state index is -0.0828. The third kappa shape index (κ3) is 4.48.